The molecule has 2 rings (SSSR count). The number of aryl methyl sites for hydroxylation is 1. The Labute approximate surface area is 137 Å². The maximum Gasteiger partial charge on any atom is 0.573 e. The van der Waals surface area contributed by atoms with E-state index in [1.54, 1.807) is 0 Å². The molecule has 128 valence electrons. The van der Waals surface area contributed by atoms with Gasteiger partial charge in [-0.1, -0.05) is 17.7 Å². The Kier molecular flexibility index (Phi) is 5.68. The first-order chi connectivity index (χ1) is 11.3. The lowest BCUT2D eigenvalue weighted by molar-refractivity contribution is -0.274. The lowest BCUT2D eigenvalue weighted by Gasteiger charge is -2.10. The van der Waals surface area contributed by atoms with Crippen molar-refractivity contribution in [2.45, 2.75) is 19.7 Å². The van der Waals surface area contributed by atoms with Crippen LogP contribution in [0.15, 0.2) is 48.5 Å². The molecule has 0 heterocycles. The molecule has 4 nitrogen and oxygen atoms in total. The van der Waals surface area contributed by atoms with Crippen LogP contribution >= 0.6 is 0 Å². The van der Waals surface area contributed by atoms with Crippen LogP contribution in [-0.2, 0) is 4.79 Å². The van der Waals surface area contributed by atoms with E-state index in [0.29, 0.717) is 11.4 Å². The fraction of sp³-hybridized carbons (Fsp3) is 0.235. The second-order valence-electron chi connectivity index (χ2n) is 5.03. The van der Waals surface area contributed by atoms with Crippen LogP contribution in [-0.4, -0.2) is 18.9 Å². The molecule has 0 aliphatic carbocycles. The molecule has 0 spiro atoms. The summed E-state index contributed by atoms with van der Waals surface area (Å²) in [4.78, 5) is 11.8. The molecule has 0 fully saturated rings. The summed E-state index contributed by atoms with van der Waals surface area (Å²) >= 11 is 0. The van der Waals surface area contributed by atoms with Gasteiger partial charge in [0, 0.05) is 5.69 Å². The zero-order valence-corrected chi connectivity index (χ0v) is 12.9. The molecule has 1 amide bonds. The monoisotopic (exact) mass is 339 g/mol. The Morgan fingerprint density at radius 1 is 1.00 bits per heavy atom. The Bertz CT molecular complexity index is 667. The Morgan fingerprint density at radius 3 is 2.17 bits per heavy atom. The van der Waals surface area contributed by atoms with E-state index in [0.717, 1.165) is 17.7 Å². The average Bonchev–Trinajstić information content (AvgIpc) is 2.50. The van der Waals surface area contributed by atoms with Crippen LogP contribution in [0.5, 0.6) is 11.5 Å². The van der Waals surface area contributed by atoms with Gasteiger partial charge in [0.2, 0.25) is 5.91 Å². The SMILES string of the molecule is Cc1ccc(OCCC(=O)Nc2ccc(OC(F)(F)F)cc2)cc1. The highest BCUT2D eigenvalue weighted by atomic mass is 19.4. The molecule has 0 saturated carbocycles. The molecule has 0 atom stereocenters. The minimum Gasteiger partial charge on any atom is -0.493 e. The van der Waals surface area contributed by atoms with Gasteiger partial charge in [-0.15, -0.1) is 13.2 Å². The Balaban J connectivity index is 1.76. The average molecular weight is 339 g/mol. The van der Waals surface area contributed by atoms with Gasteiger partial charge in [-0.2, -0.15) is 0 Å². The number of anilines is 1. The van der Waals surface area contributed by atoms with E-state index in [1.807, 2.05) is 31.2 Å². The summed E-state index contributed by atoms with van der Waals surface area (Å²) in [5.74, 6) is 0.0249. The van der Waals surface area contributed by atoms with E-state index in [2.05, 4.69) is 10.1 Å². The van der Waals surface area contributed by atoms with Crippen molar-refractivity contribution >= 4 is 11.6 Å². The number of benzene rings is 2. The number of halogens is 3. The molecule has 0 bridgehead atoms. The number of hydrogen-bond acceptors (Lipinski definition) is 3. The molecule has 0 aliphatic rings. The van der Waals surface area contributed by atoms with Crippen LogP contribution in [0.2, 0.25) is 0 Å². The number of carbonyl (C=O) groups is 1. The van der Waals surface area contributed by atoms with Gasteiger partial charge in [0.15, 0.2) is 0 Å². The van der Waals surface area contributed by atoms with Gasteiger partial charge in [0.1, 0.15) is 11.5 Å². The molecule has 0 aromatic heterocycles. The van der Waals surface area contributed by atoms with Crippen LogP contribution in [0.4, 0.5) is 18.9 Å². The highest BCUT2D eigenvalue weighted by Gasteiger charge is 2.30. The number of alkyl halides is 3. The molecule has 2 aromatic rings. The first-order valence-electron chi connectivity index (χ1n) is 7.17. The van der Waals surface area contributed by atoms with Crippen molar-refractivity contribution in [2.75, 3.05) is 11.9 Å². The largest absolute Gasteiger partial charge is 0.573 e. The van der Waals surface area contributed by atoms with Crippen LogP contribution in [0.1, 0.15) is 12.0 Å². The summed E-state index contributed by atoms with van der Waals surface area (Å²) in [7, 11) is 0. The topological polar surface area (TPSA) is 47.6 Å². The van der Waals surface area contributed by atoms with Gasteiger partial charge in [0.05, 0.1) is 13.0 Å². The molecule has 0 radical (unpaired) electrons. The second kappa shape index (κ2) is 7.72. The Hall–Kier alpha value is -2.70. The fourth-order valence-electron chi connectivity index (χ4n) is 1.86. The predicted molar refractivity (Wildman–Crippen MR) is 83.0 cm³/mol. The second-order valence-corrected chi connectivity index (χ2v) is 5.03. The van der Waals surface area contributed by atoms with Crippen LogP contribution in [0.3, 0.4) is 0 Å². The van der Waals surface area contributed by atoms with Crippen LogP contribution < -0.4 is 14.8 Å². The highest BCUT2D eigenvalue weighted by Crippen LogP contribution is 2.24. The number of carbonyl (C=O) groups excluding carboxylic acids is 1. The van der Waals surface area contributed by atoms with E-state index in [4.69, 9.17) is 4.74 Å². The zero-order valence-electron chi connectivity index (χ0n) is 12.9. The smallest absolute Gasteiger partial charge is 0.493 e. The van der Waals surface area contributed by atoms with Gasteiger partial charge in [-0.3, -0.25) is 4.79 Å². The predicted octanol–water partition coefficient (Wildman–Crippen LogP) is 4.30. The normalized spacial score (nSPS) is 11.0. The van der Waals surface area contributed by atoms with Gasteiger partial charge >= 0.3 is 6.36 Å². The summed E-state index contributed by atoms with van der Waals surface area (Å²) < 4.78 is 45.3. The molecule has 0 saturated heterocycles. The Morgan fingerprint density at radius 2 is 1.58 bits per heavy atom. The van der Waals surface area contributed by atoms with E-state index < -0.39 is 6.36 Å². The summed E-state index contributed by atoms with van der Waals surface area (Å²) in [5, 5.41) is 2.57. The van der Waals surface area contributed by atoms with Crippen molar-refractivity contribution in [3.63, 3.8) is 0 Å². The summed E-state index contributed by atoms with van der Waals surface area (Å²) in [6, 6.07) is 12.4. The van der Waals surface area contributed by atoms with Crippen molar-refractivity contribution in [1.29, 1.82) is 0 Å². The third-order valence-electron chi connectivity index (χ3n) is 2.99. The highest BCUT2D eigenvalue weighted by molar-refractivity contribution is 5.90. The first-order valence-corrected chi connectivity index (χ1v) is 7.17. The van der Waals surface area contributed by atoms with E-state index in [9.17, 15) is 18.0 Å². The van der Waals surface area contributed by atoms with Crippen molar-refractivity contribution in [2.24, 2.45) is 0 Å². The first kappa shape index (κ1) is 17.7. The van der Waals surface area contributed by atoms with E-state index >= 15 is 0 Å². The van der Waals surface area contributed by atoms with Crippen molar-refractivity contribution in [3.8, 4) is 11.5 Å². The molecule has 24 heavy (non-hydrogen) atoms. The maximum absolute atomic E-state index is 12.0. The zero-order chi connectivity index (χ0) is 17.6. The minimum atomic E-state index is -4.74. The van der Waals surface area contributed by atoms with Crippen molar-refractivity contribution in [1.82, 2.24) is 0 Å². The van der Waals surface area contributed by atoms with E-state index in [-0.39, 0.29) is 24.7 Å². The minimum absolute atomic E-state index is 0.120. The summed E-state index contributed by atoms with van der Waals surface area (Å²) in [5.41, 5.74) is 1.49. The third kappa shape index (κ3) is 6.20. The summed E-state index contributed by atoms with van der Waals surface area (Å²) in [6.45, 7) is 2.16. The van der Waals surface area contributed by atoms with Gasteiger partial charge in [0.25, 0.3) is 0 Å². The van der Waals surface area contributed by atoms with Crippen molar-refractivity contribution < 1.29 is 27.4 Å². The number of amides is 1. The van der Waals surface area contributed by atoms with Crippen LogP contribution in [0.25, 0.3) is 0 Å². The van der Waals surface area contributed by atoms with Crippen LogP contribution in [0, 0.1) is 6.92 Å². The van der Waals surface area contributed by atoms with Gasteiger partial charge < -0.3 is 14.8 Å². The number of hydrogen-bond donors (Lipinski definition) is 1. The lowest BCUT2D eigenvalue weighted by Crippen LogP contribution is -2.17. The van der Waals surface area contributed by atoms with Crippen molar-refractivity contribution in [3.05, 3.63) is 54.1 Å². The maximum atomic E-state index is 12.0. The number of nitrogens with one attached hydrogen (secondary N) is 1. The third-order valence-corrected chi connectivity index (χ3v) is 2.99. The number of ether oxygens (including phenoxy) is 2. The quantitative estimate of drug-likeness (QED) is 0.853. The molecular formula is C17H16F3NO3. The molecule has 1 N–H and O–H groups in total. The molecule has 0 unspecified atom stereocenters. The molecule has 7 heteroatoms. The molecule has 0 aliphatic heterocycles. The molecule has 2 aromatic carbocycles. The fourth-order valence-corrected chi connectivity index (χ4v) is 1.86. The standard InChI is InChI=1S/C17H16F3NO3/c1-12-2-6-14(7-3-12)23-11-10-16(22)21-13-4-8-15(9-5-13)24-17(18,19)20/h2-9H,10-11H2,1H3,(H,21,22). The van der Waals surface area contributed by atoms with Gasteiger partial charge in [-0.05, 0) is 43.3 Å². The molecular weight excluding hydrogens is 323 g/mol. The van der Waals surface area contributed by atoms with E-state index in [1.165, 1.54) is 12.1 Å². The summed E-state index contributed by atoms with van der Waals surface area (Å²) in [6.07, 6.45) is -4.62. The number of rotatable bonds is 6. The lowest BCUT2D eigenvalue weighted by atomic mass is 10.2. The van der Waals surface area contributed by atoms with Gasteiger partial charge in [-0.25, -0.2) is 0 Å².